The van der Waals surface area contributed by atoms with Crippen LogP contribution in [0.2, 0.25) is 0 Å². The van der Waals surface area contributed by atoms with Gasteiger partial charge in [-0.3, -0.25) is 0 Å². The largest absolute Gasteiger partial charge is 0.569 e. The van der Waals surface area contributed by atoms with Crippen molar-refractivity contribution in [1.29, 1.82) is 0 Å². The standard InChI is InChI=1S/C12H23N3O7/c1-6-9(4)10(11(16)17)14(5)15(19)13-21-7-20-12(18)22-8(2)3/h8-10H,6-7H2,1-5H3,(H,16,17)/t9-,10+/m1/s1. The molecule has 0 aromatic heterocycles. The molecular formula is C12H23N3O7. The predicted molar refractivity (Wildman–Crippen MR) is 73.4 cm³/mol. The minimum atomic E-state index is -1.15. The molecule has 0 heterocycles. The molecule has 0 unspecified atom stereocenters. The Morgan fingerprint density at radius 3 is 2.41 bits per heavy atom. The zero-order valence-electron chi connectivity index (χ0n) is 13.4. The summed E-state index contributed by atoms with van der Waals surface area (Å²) >= 11 is 0. The molecule has 0 bridgehead atoms. The van der Waals surface area contributed by atoms with Gasteiger partial charge >= 0.3 is 12.1 Å². The average Bonchev–Trinajstić information content (AvgIpc) is 2.41. The Hall–Kier alpha value is -2.26. The quantitative estimate of drug-likeness (QED) is 0.170. The Morgan fingerprint density at radius 2 is 1.95 bits per heavy atom. The van der Waals surface area contributed by atoms with Crippen molar-refractivity contribution in [2.45, 2.75) is 46.3 Å². The topological polar surface area (TPSA) is 124 Å². The van der Waals surface area contributed by atoms with Crippen LogP contribution in [0.1, 0.15) is 34.1 Å². The number of likely N-dealkylation sites (N-methyl/N-ethyl adjacent to an activating group) is 1. The molecule has 2 atom stereocenters. The second kappa shape index (κ2) is 9.64. The summed E-state index contributed by atoms with van der Waals surface area (Å²) in [6, 6.07) is -1.05. The van der Waals surface area contributed by atoms with Crippen LogP contribution in [0.3, 0.4) is 0 Å². The van der Waals surface area contributed by atoms with Crippen molar-refractivity contribution in [2.24, 2.45) is 11.2 Å². The molecule has 0 spiro atoms. The van der Waals surface area contributed by atoms with Crippen molar-refractivity contribution in [3.05, 3.63) is 5.21 Å². The lowest BCUT2D eigenvalue weighted by Gasteiger charge is -2.24. The van der Waals surface area contributed by atoms with E-state index in [1.54, 1.807) is 20.8 Å². The summed E-state index contributed by atoms with van der Waals surface area (Å²) in [4.78, 5) is 26.7. The second-order valence-electron chi connectivity index (χ2n) is 4.88. The smallest absolute Gasteiger partial charge is 0.511 e. The maximum absolute atomic E-state index is 11.6. The summed E-state index contributed by atoms with van der Waals surface area (Å²) in [6.07, 6.45) is -0.738. The summed E-state index contributed by atoms with van der Waals surface area (Å²) in [5, 5.41) is 24.8. The van der Waals surface area contributed by atoms with Crippen LogP contribution in [0.5, 0.6) is 0 Å². The lowest BCUT2D eigenvalue weighted by molar-refractivity contribution is -0.712. The van der Waals surface area contributed by atoms with Gasteiger partial charge in [0.2, 0.25) is 5.28 Å². The third-order valence-electron chi connectivity index (χ3n) is 2.80. The predicted octanol–water partition coefficient (Wildman–Crippen LogP) is 1.75. The van der Waals surface area contributed by atoms with Crippen LogP contribution < -0.4 is 0 Å². The molecule has 10 heteroatoms. The number of ether oxygens (including phenoxy) is 2. The lowest BCUT2D eigenvalue weighted by atomic mass is 9.99. The number of carboxylic acid groups (broad SMARTS) is 1. The number of carbonyl (C=O) groups excluding carboxylic acids is 1. The molecule has 0 saturated heterocycles. The highest BCUT2D eigenvalue weighted by Crippen LogP contribution is 2.14. The molecule has 0 rings (SSSR count). The van der Waals surface area contributed by atoms with E-state index in [2.05, 4.69) is 19.6 Å². The van der Waals surface area contributed by atoms with E-state index in [4.69, 9.17) is 5.11 Å². The molecule has 0 aromatic carbocycles. The number of hydrazine groups is 1. The average molecular weight is 321 g/mol. The van der Waals surface area contributed by atoms with E-state index in [1.807, 2.05) is 6.92 Å². The maximum atomic E-state index is 11.6. The van der Waals surface area contributed by atoms with Gasteiger partial charge in [0.05, 0.1) is 18.1 Å². The SMILES string of the molecule is CC[C@@H](C)[C@@H](C(=O)O)N(C)[N+]([O-])=NOCOC(=O)OC(C)C. The van der Waals surface area contributed by atoms with Gasteiger partial charge in [0.25, 0.3) is 6.79 Å². The van der Waals surface area contributed by atoms with Crippen molar-refractivity contribution in [3.8, 4) is 0 Å². The van der Waals surface area contributed by atoms with Crippen LogP contribution in [-0.4, -0.2) is 53.2 Å². The fourth-order valence-corrected chi connectivity index (χ4v) is 1.53. The molecule has 0 aliphatic carbocycles. The monoisotopic (exact) mass is 321 g/mol. The minimum absolute atomic E-state index is 0.0118. The molecule has 0 aliphatic heterocycles. The summed E-state index contributed by atoms with van der Waals surface area (Å²) in [6.45, 7) is 6.17. The fourth-order valence-electron chi connectivity index (χ4n) is 1.53. The molecular weight excluding hydrogens is 298 g/mol. The highest BCUT2D eigenvalue weighted by molar-refractivity contribution is 5.73. The van der Waals surface area contributed by atoms with Gasteiger partial charge in [0.1, 0.15) is 0 Å². The first-order chi connectivity index (χ1) is 10.2. The van der Waals surface area contributed by atoms with E-state index in [0.717, 1.165) is 5.01 Å². The number of aliphatic carboxylic acids is 1. The first-order valence-corrected chi connectivity index (χ1v) is 6.79. The summed E-state index contributed by atoms with van der Waals surface area (Å²) < 4.78 is 9.14. The Kier molecular flexibility index (Phi) is 8.65. The van der Waals surface area contributed by atoms with Crippen molar-refractivity contribution >= 4 is 12.1 Å². The maximum Gasteiger partial charge on any atom is 0.511 e. The summed E-state index contributed by atoms with van der Waals surface area (Å²) in [5.74, 6) is -1.42. The van der Waals surface area contributed by atoms with Crippen molar-refractivity contribution in [2.75, 3.05) is 13.8 Å². The van der Waals surface area contributed by atoms with Crippen LogP contribution in [-0.2, 0) is 19.1 Å². The van der Waals surface area contributed by atoms with Gasteiger partial charge in [-0.15, -0.1) is 5.01 Å². The van der Waals surface area contributed by atoms with Crippen molar-refractivity contribution < 1.29 is 34.0 Å². The van der Waals surface area contributed by atoms with E-state index in [0.29, 0.717) is 6.42 Å². The molecule has 0 amide bonds. The van der Waals surface area contributed by atoms with Crippen LogP contribution >= 0.6 is 0 Å². The molecule has 10 nitrogen and oxygen atoms in total. The second-order valence-corrected chi connectivity index (χ2v) is 4.88. The minimum Gasteiger partial charge on any atom is -0.569 e. The molecule has 22 heavy (non-hydrogen) atoms. The first-order valence-electron chi connectivity index (χ1n) is 6.79. The normalized spacial score (nSPS) is 14.2. The van der Waals surface area contributed by atoms with E-state index >= 15 is 0 Å². The highest BCUT2D eigenvalue weighted by Gasteiger charge is 2.33. The molecule has 0 fully saturated rings. The zero-order valence-corrected chi connectivity index (χ0v) is 13.4. The third-order valence-corrected chi connectivity index (χ3v) is 2.80. The Balaban J connectivity index is 4.45. The van der Waals surface area contributed by atoms with Crippen LogP contribution in [0.15, 0.2) is 5.28 Å². The number of carbonyl (C=O) groups is 2. The molecule has 0 aliphatic rings. The number of hydrogen-bond donors (Lipinski definition) is 1. The van der Waals surface area contributed by atoms with E-state index < -0.39 is 25.0 Å². The van der Waals surface area contributed by atoms with E-state index in [-0.39, 0.29) is 17.0 Å². The number of rotatable bonds is 9. The Bertz CT molecular complexity index is 400. The van der Waals surface area contributed by atoms with Crippen LogP contribution in [0, 0.1) is 11.1 Å². The summed E-state index contributed by atoms with van der Waals surface area (Å²) in [7, 11) is 1.28. The number of nitrogens with zero attached hydrogens (tertiary/aromatic N) is 3. The molecule has 1 N–H and O–H groups in total. The zero-order chi connectivity index (χ0) is 17.3. The van der Waals surface area contributed by atoms with Gasteiger partial charge in [-0.05, 0) is 19.8 Å². The van der Waals surface area contributed by atoms with Crippen molar-refractivity contribution in [3.63, 3.8) is 0 Å². The van der Waals surface area contributed by atoms with E-state index in [1.165, 1.54) is 7.05 Å². The van der Waals surface area contributed by atoms with Gasteiger partial charge in [-0.2, -0.15) is 0 Å². The van der Waals surface area contributed by atoms with Gasteiger partial charge in [-0.25, -0.2) is 9.59 Å². The number of carboxylic acids is 1. The van der Waals surface area contributed by atoms with Crippen molar-refractivity contribution in [1.82, 2.24) is 5.01 Å². The van der Waals surface area contributed by atoms with Gasteiger partial charge < -0.3 is 24.6 Å². The van der Waals surface area contributed by atoms with E-state index in [9.17, 15) is 14.8 Å². The first kappa shape index (κ1) is 19.7. The van der Waals surface area contributed by atoms with Gasteiger partial charge in [0.15, 0.2) is 6.04 Å². The summed E-state index contributed by atoms with van der Waals surface area (Å²) in [5.41, 5.74) is 0. The molecule has 0 radical (unpaired) electrons. The van der Waals surface area contributed by atoms with Gasteiger partial charge in [0, 0.05) is 0 Å². The molecule has 128 valence electrons. The Morgan fingerprint density at radius 1 is 1.36 bits per heavy atom. The third kappa shape index (κ3) is 6.95. The molecule has 0 saturated carbocycles. The Labute approximate surface area is 128 Å². The molecule has 0 aromatic rings. The van der Waals surface area contributed by atoms with Crippen LogP contribution in [0.25, 0.3) is 0 Å². The van der Waals surface area contributed by atoms with Crippen LogP contribution in [0.4, 0.5) is 4.79 Å². The van der Waals surface area contributed by atoms with Gasteiger partial charge in [-0.1, -0.05) is 20.3 Å². The number of hydrogen-bond acceptors (Lipinski definition) is 7. The highest BCUT2D eigenvalue weighted by atomic mass is 16.8. The fraction of sp³-hybridized carbons (Fsp3) is 0.833. The lowest BCUT2D eigenvalue weighted by Crippen LogP contribution is -2.46.